The van der Waals surface area contributed by atoms with Crippen LogP contribution in [0.4, 0.5) is 34.1 Å². The van der Waals surface area contributed by atoms with Gasteiger partial charge >= 0.3 is 0 Å². The van der Waals surface area contributed by atoms with E-state index >= 15 is 0 Å². The van der Waals surface area contributed by atoms with Crippen molar-refractivity contribution in [2.45, 2.75) is 105 Å². The van der Waals surface area contributed by atoms with Gasteiger partial charge in [0.1, 0.15) is 6.07 Å². The minimum absolute atomic E-state index is 0.0431. The molecule has 2 aliphatic rings. The molecule has 0 N–H and O–H groups in total. The highest BCUT2D eigenvalue weighted by Crippen LogP contribution is 2.54. The maximum atomic E-state index is 11.5. The molecule has 490 valence electrons. The van der Waals surface area contributed by atoms with Gasteiger partial charge in [-0.25, -0.2) is 0 Å². The number of nitriles is 1. The van der Waals surface area contributed by atoms with Gasteiger partial charge in [-0.1, -0.05) is 277 Å². The Morgan fingerprint density at radius 3 is 1.38 bits per heavy atom. The average Bonchev–Trinajstić information content (AvgIpc) is 1.61. The van der Waals surface area contributed by atoms with Gasteiger partial charge in [-0.2, -0.15) is 5.26 Å². The van der Waals surface area contributed by atoms with Crippen molar-refractivity contribution in [3.05, 3.63) is 307 Å². The van der Waals surface area contributed by atoms with Crippen molar-refractivity contribution in [3.8, 4) is 62.0 Å². The van der Waals surface area contributed by atoms with Crippen LogP contribution < -0.4 is 26.2 Å². The first-order valence-electron chi connectivity index (χ1n) is 40.8. The highest BCUT2D eigenvalue weighted by atomic mass is 15.2. The molecule has 0 amide bonds. The van der Waals surface area contributed by atoms with E-state index < -0.39 is 65.9 Å². The number of hydrogen-bond acceptors (Lipinski definition) is 3. The monoisotopic (exact) mass is 1320 g/mol. The molecule has 0 atom stereocenters. The lowest BCUT2D eigenvalue weighted by molar-refractivity contribution is 0.569. The molecule has 0 radical (unpaired) electrons. The second-order valence-electron chi connectivity index (χ2n) is 31.2. The minimum atomic E-state index is -0.854. The Kier molecular flexibility index (Phi) is 11.8. The number of benzene rings is 13. The van der Waals surface area contributed by atoms with Gasteiger partial charge in [-0.05, 0) is 179 Å². The summed E-state index contributed by atoms with van der Waals surface area (Å²) in [4.78, 5) is 4.51. The molecule has 13 aromatic carbocycles. The van der Waals surface area contributed by atoms with Crippen molar-refractivity contribution in [1.82, 2.24) is 9.13 Å². The van der Waals surface area contributed by atoms with Crippen LogP contribution >= 0.6 is 0 Å². The van der Waals surface area contributed by atoms with Crippen LogP contribution in [0.15, 0.2) is 279 Å². The van der Waals surface area contributed by atoms with Crippen LogP contribution in [-0.4, -0.2) is 15.8 Å². The first kappa shape index (κ1) is 50.9. The lowest BCUT2D eigenvalue weighted by Crippen LogP contribution is -2.61. The molecule has 0 unspecified atom stereocenters. The van der Waals surface area contributed by atoms with E-state index in [2.05, 4.69) is 186 Å². The van der Waals surface area contributed by atoms with Crippen molar-refractivity contribution in [2.24, 2.45) is 0 Å². The third-order valence-corrected chi connectivity index (χ3v) is 20.6. The zero-order valence-corrected chi connectivity index (χ0v) is 58.9. The molecule has 0 bridgehead atoms. The van der Waals surface area contributed by atoms with Crippen LogP contribution in [-0.2, 0) is 21.7 Å². The second-order valence-corrected chi connectivity index (χ2v) is 31.2. The third kappa shape index (κ3) is 10.5. The molecule has 5 nitrogen and oxygen atoms in total. The second kappa shape index (κ2) is 23.4. The zero-order chi connectivity index (χ0) is 80.0. The zero-order valence-electron chi connectivity index (χ0n) is 70.9. The predicted molar refractivity (Wildman–Crippen MR) is 430 cm³/mol. The largest absolute Gasteiger partial charge is 0.311 e. The number of nitrogens with zero attached hydrogens (tertiary/aromatic N) is 5. The smallest absolute Gasteiger partial charge is 0.252 e. The summed E-state index contributed by atoms with van der Waals surface area (Å²) in [7, 11) is 0. The predicted octanol–water partition coefficient (Wildman–Crippen LogP) is 23.7. The summed E-state index contributed by atoms with van der Waals surface area (Å²) in [5, 5.41) is 13.4. The number of anilines is 6. The van der Waals surface area contributed by atoms with Gasteiger partial charge in [0.2, 0.25) is 0 Å². The number of aromatic nitrogens is 2. The van der Waals surface area contributed by atoms with Crippen LogP contribution in [0, 0.1) is 11.3 Å². The summed E-state index contributed by atoms with van der Waals surface area (Å²) in [6.45, 7) is 25.0. The lowest BCUT2D eigenvalue weighted by Gasteiger charge is -2.45. The van der Waals surface area contributed by atoms with Crippen LogP contribution in [0.1, 0.15) is 127 Å². The molecule has 15 aromatic rings. The topological polar surface area (TPSA) is 40.1 Å². The van der Waals surface area contributed by atoms with Crippen molar-refractivity contribution in [3.63, 3.8) is 0 Å². The van der Waals surface area contributed by atoms with Gasteiger partial charge < -0.3 is 18.9 Å². The molecule has 6 heteroatoms. The fourth-order valence-electron chi connectivity index (χ4n) is 15.3. The molecule has 0 fully saturated rings. The first-order chi connectivity index (χ1) is 53.6. The Labute approximate surface area is 611 Å². The molecule has 0 saturated heterocycles. The highest BCUT2D eigenvalue weighted by Gasteiger charge is 2.46. The van der Waals surface area contributed by atoms with E-state index in [4.69, 9.17) is 2.74 Å². The molecule has 0 saturated carbocycles. The van der Waals surface area contributed by atoms with E-state index in [1.165, 1.54) is 0 Å². The Balaban J connectivity index is 1.10. The summed E-state index contributed by atoms with van der Waals surface area (Å²) in [5.74, 6) is 0. The number of para-hydroxylation sites is 4. The Morgan fingerprint density at radius 1 is 0.337 bits per heavy atom. The maximum Gasteiger partial charge on any atom is 0.252 e. The summed E-state index contributed by atoms with van der Waals surface area (Å²) in [6, 6.07) is 68.5. The van der Waals surface area contributed by atoms with Gasteiger partial charge in [-0.15, -0.1) is 0 Å². The van der Waals surface area contributed by atoms with E-state index in [0.717, 1.165) is 94.0 Å². The third-order valence-electron chi connectivity index (χ3n) is 20.6. The molecular formula is C95H82BN5. The molecular weight excluding hydrogens is 1220 g/mol. The quantitative estimate of drug-likeness (QED) is 0.142. The summed E-state index contributed by atoms with van der Waals surface area (Å²) in [5.41, 5.74) is 17.1. The van der Waals surface area contributed by atoms with Gasteiger partial charge in [0, 0.05) is 66.8 Å². The minimum Gasteiger partial charge on any atom is -0.311 e. The van der Waals surface area contributed by atoms with Crippen molar-refractivity contribution in [2.75, 3.05) is 9.80 Å². The Bertz CT molecular complexity index is 6440. The summed E-state index contributed by atoms with van der Waals surface area (Å²) >= 11 is 0. The fraction of sp³-hybridized carbons (Fsp3) is 0.168. The molecule has 2 aromatic heterocycles. The molecule has 0 spiro atoms. The average molecular weight is 1320 g/mol. The van der Waals surface area contributed by atoms with Crippen LogP contribution in [0.5, 0.6) is 0 Å². The SMILES string of the molecule is [2H]c1c([2H])c(-c2cc3c4c(c2)N(c2c(-c5ccccc5)cc(C(C)(C)C)cc2-c2ccccc2)c2cc(-n5c6c([2H])c([2H])c([2H])c([2H])c6c6c([2H])c([2H])c([2H])c([2H])c65)ccc2B4c2ccc(-c4cc(C(C)(C)C)cc(C(C)(C)C)c4)cc2N3c2ccc(C#N)c(-n3c4ccccc4c4ccccc43)c2)c([2H])c(C(C)(C)C)c1[2H]. The lowest BCUT2D eigenvalue weighted by atomic mass is 9.33. The summed E-state index contributed by atoms with van der Waals surface area (Å²) in [6.07, 6.45) is 0. The van der Waals surface area contributed by atoms with E-state index in [-0.39, 0.29) is 62.4 Å². The van der Waals surface area contributed by atoms with E-state index in [1.54, 1.807) is 4.57 Å². The van der Waals surface area contributed by atoms with Crippen molar-refractivity contribution in [1.29, 1.82) is 5.26 Å². The van der Waals surface area contributed by atoms with E-state index in [1.807, 2.05) is 124 Å². The number of fused-ring (bicyclic) bond motifs is 10. The number of rotatable bonds is 8. The molecule has 101 heavy (non-hydrogen) atoms. The molecule has 17 rings (SSSR count). The molecule has 2 aliphatic heterocycles. The Morgan fingerprint density at radius 2 is 0.812 bits per heavy atom. The van der Waals surface area contributed by atoms with Crippen LogP contribution in [0.25, 0.3) is 99.5 Å². The van der Waals surface area contributed by atoms with E-state index in [9.17, 15) is 19.0 Å². The van der Waals surface area contributed by atoms with Crippen LogP contribution in [0.3, 0.4) is 0 Å². The van der Waals surface area contributed by atoms with Crippen molar-refractivity contribution < 1.29 is 16.4 Å². The fourth-order valence-corrected chi connectivity index (χ4v) is 15.3. The van der Waals surface area contributed by atoms with Crippen LogP contribution in [0.2, 0.25) is 0 Å². The van der Waals surface area contributed by atoms with Gasteiger partial charge in [-0.3, -0.25) is 0 Å². The van der Waals surface area contributed by atoms with Crippen molar-refractivity contribution >= 4 is 101 Å². The highest BCUT2D eigenvalue weighted by molar-refractivity contribution is 7.00. The Hall–Kier alpha value is -11.4. The first-order valence-corrected chi connectivity index (χ1v) is 34.8. The standard InChI is InChI=1S/C95H82BN5/c1-92(2,3)67-33-27-32-62(48-67)66-52-88-90-89(53-66)101(91-77(60-28-15-13-16-29-60)55-70(95(10,11)12)56-78(91)61-30-17-14-18-31-61)87-58-72(98-81-38-23-19-34-73(81)74-35-20-24-39-82(74)98)45-47-80(87)96(90)79-46-43-63(65-49-68(93(4,5)6)54-69(50-65)94(7,8)9)51-86(79)99(88)71-44-42-64(59-97)85(57-71)100-83-40-25-21-36-75(83)76-37-22-26-41-84(76)100/h13-58H,1-12H3/i19D,20D,23D,24D,27D,32D,33D,34D,35D,38D,39D,48D. The normalized spacial score (nSPS) is 14.7. The van der Waals surface area contributed by atoms with Gasteiger partial charge in [0.25, 0.3) is 6.71 Å². The van der Waals surface area contributed by atoms with E-state index in [0.29, 0.717) is 56.5 Å². The van der Waals surface area contributed by atoms with Gasteiger partial charge in [0.05, 0.1) is 55.5 Å². The molecule has 0 aliphatic carbocycles. The summed E-state index contributed by atoms with van der Waals surface area (Å²) < 4.78 is 120. The number of hydrogen-bond donors (Lipinski definition) is 0. The molecule has 4 heterocycles. The van der Waals surface area contributed by atoms with Gasteiger partial charge in [0.15, 0.2) is 0 Å². The maximum absolute atomic E-state index is 11.5.